The molecule has 5 saturated heterocycles. The first kappa shape index (κ1) is 45.2. The monoisotopic (exact) mass is 872 g/mol. The molecule has 18 nitrogen and oxygen atoms in total. The van der Waals surface area contributed by atoms with Crippen molar-refractivity contribution in [3.8, 4) is 0 Å². The van der Waals surface area contributed by atoms with Crippen molar-refractivity contribution < 1.29 is 89.0 Å². The van der Waals surface area contributed by atoms with Crippen LogP contribution in [0.25, 0.3) is 0 Å². The van der Waals surface area contributed by atoms with Crippen molar-refractivity contribution in [3.63, 3.8) is 0 Å². The molecule has 9 aliphatic rings. The van der Waals surface area contributed by atoms with Gasteiger partial charge in [0.2, 0.25) is 0 Å². The van der Waals surface area contributed by atoms with Crippen LogP contribution in [0, 0.1) is 46.3 Å². The molecule has 1 spiro atoms. The summed E-state index contributed by atoms with van der Waals surface area (Å²) in [4.78, 5) is 0. The summed E-state index contributed by atoms with van der Waals surface area (Å²) >= 11 is 0. The van der Waals surface area contributed by atoms with Gasteiger partial charge in [0.15, 0.2) is 37.2 Å². The maximum Gasteiger partial charge on any atom is 0.189 e. The first-order chi connectivity index (χ1) is 28.9. The smallest absolute Gasteiger partial charge is 0.189 e. The van der Waals surface area contributed by atoms with Crippen molar-refractivity contribution >= 4 is 0 Å². The number of ether oxygens (including phenoxy) is 8. The molecule has 0 aromatic carbocycles. The maximum atomic E-state index is 11.9. The van der Waals surface area contributed by atoms with Crippen LogP contribution in [0.3, 0.4) is 0 Å². The van der Waals surface area contributed by atoms with E-state index < -0.39 is 111 Å². The third-order valence-corrected chi connectivity index (χ3v) is 17.1. The molecule has 348 valence electrons. The average molecular weight is 873 g/mol. The minimum atomic E-state index is -1.97. The molecule has 0 amide bonds. The van der Waals surface area contributed by atoms with Gasteiger partial charge in [-0.15, -0.1) is 0 Å². The highest BCUT2D eigenvalue weighted by Crippen LogP contribution is 2.70. The van der Waals surface area contributed by atoms with Crippen LogP contribution in [-0.2, 0) is 37.9 Å². The lowest BCUT2D eigenvalue weighted by molar-refractivity contribution is -0.405. The Bertz CT molecular complexity index is 1600. The molecular weight excluding hydrogens is 804 g/mol. The topological polar surface area (TPSA) is 276 Å². The Morgan fingerprint density at radius 2 is 1.34 bits per heavy atom. The van der Waals surface area contributed by atoms with Gasteiger partial charge in [-0.1, -0.05) is 39.3 Å². The number of hydrogen-bond donors (Lipinski definition) is 10. The Morgan fingerprint density at radius 1 is 0.689 bits per heavy atom. The summed E-state index contributed by atoms with van der Waals surface area (Å²) in [5.74, 6) is 2.45. The summed E-state index contributed by atoms with van der Waals surface area (Å²) in [5, 5.41) is 105. The summed E-state index contributed by atoms with van der Waals surface area (Å²) in [7, 11) is 0. The van der Waals surface area contributed by atoms with E-state index in [1.165, 1.54) is 5.57 Å². The molecule has 0 aromatic heterocycles. The van der Waals surface area contributed by atoms with Gasteiger partial charge >= 0.3 is 0 Å². The Hall–Kier alpha value is -0.980. The standard InChI is InChI=1S/C43H68O18/c1-17-7-12-43(54-16-17)18(2)26-24(61-43)14-23-21-6-5-19-13-20(8-10-41(19,3)22(21)9-11-42(23,26)4)55-40-35(58-39-32(50)28(46)30(48)37(53)60-39)33(51)34(25(15-44)56-40)57-38-31(49)27(45)29(47)36(52)59-38/h5,17-18,20-40,44-53H,6-16H2,1-4H3/t17-,18+,20?,21-,22+,23+,24-,25-,26-,27-,28-,29-,30-,31-,32-,33+,34-,35-,36-,37-,38+,39+,40-,41+,42+,43-/m1/s1. The van der Waals surface area contributed by atoms with Crippen LogP contribution in [0.4, 0.5) is 0 Å². The van der Waals surface area contributed by atoms with Gasteiger partial charge in [-0.05, 0) is 91.8 Å². The van der Waals surface area contributed by atoms with Crippen LogP contribution in [0.5, 0.6) is 0 Å². The molecule has 8 fully saturated rings. The molecule has 10 N–H and O–H groups in total. The molecular formula is C43H68O18. The molecule has 18 heteroatoms. The van der Waals surface area contributed by atoms with Gasteiger partial charge in [0.05, 0.1) is 25.4 Å². The Balaban J connectivity index is 0.916. The van der Waals surface area contributed by atoms with Crippen molar-refractivity contribution in [3.05, 3.63) is 11.6 Å². The summed E-state index contributed by atoms with van der Waals surface area (Å²) in [5.41, 5.74) is 1.40. The predicted octanol–water partition coefficient (Wildman–Crippen LogP) is -0.898. The zero-order valence-electron chi connectivity index (χ0n) is 35.4. The molecule has 0 bridgehead atoms. The molecule has 26 atom stereocenters. The van der Waals surface area contributed by atoms with Gasteiger partial charge < -0.3 is 89.0 Å². The maximum absolute atomic E-state index is 11.9. The number of hydrogen-bond acceptors (Lipinski definition) is 18. The number of fused-ring (bicyclic) bond motifs is 7. The summed E-state index contributed by atoms with van der Waals surface area (Å²) in [6, 6.07) is 0. The average Bonchev–Trinajstić information content (AvgIpc) is 3.69. The van der Waals surface area contributed by atoms with Gasteiger partial charge in [0.25, 0.3) is 0 Å². The van der Waals surface area contributed by atoms with Crippen molar-refractivity contribution in [1.82, 2.24) is 0 Å². The van der Waals surface area contributed by atoms with E-state index in [9.17, 15) is 51.1 Å². The molecule has 0 aromatic rings. The van der Waals surface area contributed by atoms with Crippen LogP contribution in [0.15, 0.2) is 11.6 Å². The number of aliphatic hydroxyl groups excluding tert-OH is 10. The van der Waals surface area contributed by atoms with Gasteiger partial charge in [-0.2, -0.15) is 0 Å². The Morgan fingerprint density at radius 3 is 1.97 bits per heavy atom. The fourth-order valence-corrected chi connectivity index (χ4v) is 13.6. The number of aliphatic hydroxyl groups is 10. The minimum absolute atomic E-state index is 0.0653. The molecule has 1 unspecified atom stereocenters. The van der Waals surface area contributed by atoms with Gasteiger partial charge in [0, 0.05) is 12.3 Å². The first-order valence-corrected chi connectivity index (χ1v) is 22.6. The van der Waals surface area contributed by atoms with Crippen LogP contribution in [0.2, 0.25) is 0 Å². The summed E-state index contributed by atoms with van der Waals surface area (Å²) in [6.45, 7) is 9.52. The van der Waals surface area contributed by atoms with Gasteiger partial charge in [-0.3, -0.25) is 0 Å². The minimum Gasteiger partial charge on any atom is -0.394 e. The summed E-state index contributed by atoms with van der Waals surface area (Å²) < 4.78 is 48.5. The van der Waals surface area contributed by atoms with Crippen molar-refractivity contribution in [1.29, 1.82) is 0 Å². The highest BCUT2D eigenvalue weighted by molar-refractivity contribution is 5.26. The second kappa shape index (κ2) is 16.7. The lowest BCUT2D eigenvalue weighted by atomic mass is 9.47. The molecule has 61 heavy (non-hydrogen) atoms. The van der Waals surface area contributed by atoms with Gasteiger partial charge in [-0.25, -0.2) is 0 Å². The van der Waals surface area contributed by atoms with Crippen LogP contribution < -0.4 is 0 Å². The Labute approximate surface area is 355 Å². The number of rotatable bonds is 7. The number of allylic oxidation sites excluding steroid dienone is 1. The van der Waals surface area contributed by atoms with Crippen LogP contribution in [-0.4, -0.2) is 175 Å². The zero-order valence-corrected chi connectivity index (χ0v) is 35.4. The van der Waals surface area contributed by atoms with E-state index >= 15 is 0 Å². The van der Waals surface area contributed by atoms with E-state index in [4.69, 9.17) is 37.9 Å². The third-order valence-electron chi connectivity index (χ3n) is 17.1. The van der Waals surface area contributed by atoms with E-state index in [2.05, 4.69) is 33.8 Å². The van der Waals surface area contributed by atoms with E-state index in [1.807, 2.05) is 0 Å². The SMILES string of the molecule is C[C@@H]1CC[C@@]2(OC1)O[C@@H]1C[C@H]3[C@@H]4CC=C5CC(O[C@@H]6O[C@H](CO)[C@@H](O[C@H]7O[C@@H](O)[C@H](O)[C@@H](O)[C@H]7O)[C@H](O)[C@H]6O[C@H]6O[C@@H](O)[C@H](O)[C@@H](O)[C@H]6O)CC[C@]5(C)[C@H]4CC[C@]3(C)[C@@H]1[C@@H]2C. The van der Waals surface area contributed by atoms with E-state index in [1.54, 1.807) is 0 Å². The van der Waals surface area contributed by atoms with Crippen molar-refractivity contribution in [2.75, 3.05) is 13.2 Å². The lowest BCUT2D eigenvalue weighted by Gasteiger charge is -2.58. The van der Waals surface area contributed by atoms with Crippen LogP contribution in [0.1, 0.15) is 85.5 Å². The second-order valence-corrected chi connectivity index (χ2v) is 20.4. The molecule has 3 saturated carbocycles. The van der Waals surface area contributed by atoms with Crippen LogP contribution >= 0.6 is 0 Å². The first-order valence-electron chi connectivity index (χ1n) is 22.6. The normalized spacial score (nSPS) is 58.4. The fraction of sp³-hybridized carbons (Fsp3) is 0.953. The summed E-state index contributed by atoms with van der Waals surface area (Å²) in [6.07, 6.45) is -16.2. The van der Waals surface area contributed by atoms with E-state index in [0.29, 0.717) is 48.3 Å². The molecule has 4 aliphatic carbocycles. The van der Waals surface area contributed by atoms with Crippen molar-refractivity contribution in [2.45, 2.75) is 196 Å². The highest BCUT2D eigenvalue weighted by atomic mass is 16.8. The lowest BCUT2D eigenvalue weighted by Crippen LogP contribution is -2.67. The second-order valence-electron chi connectivity index (χ2n) is 20.4. The molecule has 5 aliphatic heterocycles. The van der Waals surface area contributed by atoms with E-state index in [0.717, 1.165) is 51.6 Å². The van der Waals surface area contributed by atoms with E-state index in [-0.39, 0.29) is 16.9 Å². The highest BCUT2D eigenvalue weighted by Gasteiger charge is 2.69. The van der Waals surface area contributed by atoms with Gasteiger partial charge in [0.1, 0.15) is 61.0 Å². The quantitative estimate of drug-likeness (QED) is 0.139. The molecule has 9 rings (SSSR count). The molecule has 5 heterocycles. The fourth-order valence-electron chi connectivity index (χ4n) is 13.6. The third kappa shape index (κ3) is 7.40. The predicted molar refractivity (Wildman–Crippen MR) is 206 cm³/mol. The largest absolute Gasteiger partial charge is 0.394 e. The molecule has 0 radical (unpaired) electrons. The Kier molecular flexibility index (Phi) is 12.4. The zero-order chi connectivity index (χ0) is 43.5. The van der Waals surface area contributed by atoms with Crippen molar-refractivity contribution in [2.24, 2.45) is 46.3 Å².